The lowest BCUT2D eigenvalue weighted by atomic mass is 10.00. The molecule has 0 atom stereocenters. The molecule has 6 aromatic heterocycles. The van der Waals surface area contributed by atoms with Gasteiger partial charge in [-0.3, -0.25) is 0 Å². The van der Waals surface area contributed by atoms with Crippen molar-refractivity contribution in [2.75, 3.05) is 0 Å². The smallest absolute Gasteiger partial charge is 0.164 e. The van der Waals surface area contributed by atoms with Gasteiger partial charge >= 0.3 is 0 Å². The Bertz CT molecular complexity index is 9240. The summed E-state index contributed by atoms with van der Waals surface area (Å²) in [6.07, 6.45) is 0. The molecular weight excluding hydrogens is 1690 g/mol. The van der Waals surface area contributed by atoms with E-state index in [1.165, 1.54) is 119 Å². The normalized spacial score (nSPS) is 11.6. The topological polar surface area (TPSA) is 131 Å². The average molecular weight is 1770 g/mol. The highest BCUT2D eigenvalue weighted by Crippen LogP contribution is 2.47. The molecule has 0 radical (unpaired) electrons. The molecule has 6 heterocycles. The van der Waals surface area contributed by atoms with Crippen LogP contribution in [0.4, 0.5) is 0 Å². The van der Waals surface area contributed by atoms with Gasteiger partial charge in [-0.1, -0.05) is 400 Å². The molecular formula is C127H80N12. The van der Waals surface area contributed by atoms with Crippen LogP contribution in [0.2, 0.25) is 0 Å². The molecule has 0 unspecified atom stereocenters. The van der Waals surface area contributed by atoms with Crippen LogP contribution in [0, 0.1) is 0 Å². The Labute approximate surface area is 798 Å². The minimum atomic E-state index is 0.636. The van der Waals surface area contributed by atoms with Gasteiger partial charge in [-0.2, -0.15) is 0 Å². The first-order valence-corrected chi connectivity index (χ1v) is 46.8. The van der Waals surface area contributed by atoms with Crippen LogP contribution in [0.5, 0.6) is 0 Å². The number of nitrogens with zero attached hydrogens (tertiary/aromatic N) is 12. The van der Waals surface area contributed by atoms with E-state index in [-0.39, 0.29) is 0 Å². The highest BCUT2D eigenvalue weighted by atomic mass is 15.1. The predicted molar refractivity (Wildman–Crippen MR) is 574 cm³/mol. The quantitative estimate of drug-likeness (QED) is 0.117. The molecule has 648 valence electrons. The molecule has 12 heteroatoms. The van der Waals surface area contributed by atoms with Crippen molar-refractivity contribution in [3.63, 3.8) is 0 Å². The Hall–Kier alpha value is -18.9. The number of aromatic nitrogens is 12. The highest BCUT2D eigenvalue weighted by molar-refractivity contribution is 6.32. The SMILES string of the molecule is c1ccc(-c2nc(-c3ccccc3)nc(-c3cc(-n4c5ccc6ccccc6c5c5c6ccccc6ccc54)c4ccccc4c3)n2)cc1.c1ccc(-c2nc(-c3ccccc3)nc(-c3ccc(-n4c5ccc6ccccc6c5c5c6ccccc6ccc54)cc3)n2)cc1.c1ccc(-c2nc(-c3ccccc3)nc(-c3cccc(-n4c5ccc6ccccc6c5c5c6ccccc6ccc54)c3)n2)cc1. The van der Waals surface area contributed by atoms with Crippen molar-refractivity contribution in [1.82, 2.24) is 58.6 Å². The van der Waals surface area contributed by atoms with E-state index < -0.39 is 0 Å². The summed E-state index contributed by atoms with van der Waals surface area (Å²) in [4.78, 5) is 44.7. The molecule has 0 saturated heterocycles. The summed E-state index contributed by atoms with van der Waals surface area (Å²) in [6.45, 7) is 0. The maximum absolute atomic E-state index is 5.10. The Balaban J connectivity index is 0.000000108. The Morgan fingerprint density at radius 2 is 0.338 bits per heavy atom. The van der Waals surface area contributed by atoms with Crippen LogP contribution < -0.4 is 0 Å². The van der Waals surface area contributed by atoms with Crippen LogP contribution in [0.15, 0.2) is 485 Å². The molecule has 28 aromatic rings. The third kappa shape index (κ3) is 14.5. The van der Waals surface area contributed by atoms with E-state index in [1.807, 2.05) is 182 Å². The van der Waals surface area contributed by atoms with Gasteiger partial charge in [0.1, 0.15) is 0 Å². The van der Waals surface area contributed by atoms with Gasteiger partial charge in [-0.15, -0.1) is 0 Å². The first-order chi connectivity index (χ1) is 68.9. The molecule has 0 fully saturated rings. The van der Waals surface area contributed by atoms with Crippen LogP contribution in [-0.4, -0.2) is 58.6 Å². The third-order valence-electron chi connectivity index (χ3n) is 26.8. The van der Waals surface area contributed by atoms with Crippen molar-refractivity contribution in [2.45, 2.75) is 0 Å². The molecule has 0 N–H and O–H groups in total. The highest BCUT2D eigenvalue weighted by Gasteiger charge is 2.26. The van der Waals surface area contributed by atoms with Crippen molar-refractivity contribution in [3.05, 3.63) is 485 Å². The van der Waals surface area contributed by atoms with E-state index in [9.17, 15) is 0 Å². The molecule has 28 rings (SSSR count). The molecule has 12 nitrogen and oxygen atoms in total. The molecule has 0 spiro atoms. The maximum Gasteiger partial charge on any atom is 0.164 e. The number of rotatable bonds is 12. The minimum absolute atomic E-state index is 0.636. The van der Waals surface area contributed by atoms with Gasteiger partial charge in [0.25, 0.3) is 0 Å². The molecule has 0 aliphatic carbocycles. The summed E-state index contributed by atoms with van der Waals surface area (Å²) in [6, 6.07) is 170. The van der Waals surface area contributed by atoms with E-state index in [0.29, 0.717) is 52.4 Å². The van der Waals surface area contributed by atoms with Crippen molar-refractivity contribution < 1.29 is 0 Å². The minimum Gasteiger partial charge on any atom is -0.309 e. The summed E-state index contributed by atoms with van der Waals surface area (Å²) < 4.78 is 7.20. The zero-order valence-corrected chi connectivity index (χ0v) is 75.1. The lowest BCUT2D eigenvalue weighted by Crippen LogP contribution is -2.01. The summed E-state index contributed by atoms with van der Waals surface area (Å²) in [5.74, 6) is 5.84. The molecule has 0 aliphatic rings. The van der Waals surface area contributed by atoms with Gasteiger partial charge in [-0.25, -0.2) is 44.9 Å². The first kappa shape index (κ1) is 80.9. The van der Waals surface area contributed by atoms with Gasteiger partial charge in [-0.05, 0) is 155 Å². The summed E-state index contributed by atoms with van der Waals surface area (Å²) in [5, 5.41) is 24.8. The lowest BCUT2D eigenvalue weighted by molar-refractivity contribution is 1.07. The fourth-order valence-electron chi connectivity index (χ4n) is 20.4. The summed E-state index contributed by atoms with van der Waals surface area (Å²) in [7, 11) is 0. The van der Waals surface area contributed by atoms with Crippen LogP contribution >= 0.6 is 0 Å². The predicted octanol–water partition coefficient (Wildman–Crippen LogP) is 32.0. The largest absolute Gasteiger partial charge is 0.309 e. The second-order valence-electron chi connectivity index (χ2n) is 35.0. The van der Waals surface area contributed by atoms with Crippen LogP contribution in [-0.2, 0) is 0 Å². The van der Waals surface area contributed by atoms with E-state index >= 15 is 0 Å². The maximum atomic E-state index is 5.10. The van der Waals surface area contributed by atoms with E-state index in [1.54, 1.807) is 0 Å². The summed E-state index contributed by atoms with van der Waals surface area (Å²) >= 11 is 0. The van der Waals surface area contributed by atoms with Gasteiger partial charge in [0.05, 0.1) is 38.8 Å². The Morgan fingerprint density at radius 1 is 0.122 bits per heavy atom. The summed E-state index contributed by atoms with van der Waals surface area (Å²) in [5.41, 5.74) is 18.8. The number of fused-ring (bicyclic) bond motifs is 22. The molecule has 139 heavy (non-hydrogen) atoms. The molecule has 0 saturated carbocycles. The fraction of sp³-hybridized carbons (Fsp3) is 0. The molecule has 22 aromatic carbocycles. The number of hydrogen-bond donors (Lipinski definition) is 0. The van der Waals surface area contributed by atoms with Crippen molar-refractivity contribution in [2.24, 2.45) is 0 Å². The first-order valence-electron chi connectivity index (χ1n) is 46.8. The van der Waals surface area contributed by atoms with Gasteiger partial charge in [0, 0.05) is 99.1 Å². The van der Waals surface area contributed by atoms with Crippen molar-refractivity contribution in [1.29, 1.82) is 0 Å². The molecule has 0 aliphatic heterocycles. The Morgan fingerprint density at radius 3 is 0.626 bits per heavy atom. The molecule has 0 bridgehead atoms. The monoisotopic (exact) mass is 1770 g/mol. The Kier molecular flexibility index (Phi) is 20.0. The second kappa shape index (κ2) is 34.3. The van der Waals surface area contributed by atoms with Crippen molar-refractivity contribution >= 4 is 141 Å². The second-order valence-corrected chi connectivity index (χ2v) is 35.0. The third-order valence-corrected chi connectivity index (χ3v) is 26.8. The van der Waals surface area contributed by atoms with Gasteiger partial charge < -0.3 is 13.7 Å². The molecule has 0 amide bonds. The zero-order chi connectivity index (χ0) is 91.8. The zero-order valence-electron chi connectivity index (χ0n) is 75.1. The average Bonchev–Trinajstić information content (AvgIpc) is 1.56. The lowest BCUT2D eigenvalue weighted by Gasteiger charge is -2.15. The number of benzene rings is 22. The van der Waals surface area contributed by atoms with Crippen LogP contribution in [0.25, 0.3) is 260 Å². The fourth-order valence-corrected chi connectivity index (χ4v) is 20.4. The number of hydrogen-bond acceptors (Lipinski definition) is 9. The van der Waals surface area contributed by atoms with Gasteiger partial charge in [0.2, 0.25) is 0 Å². The van der Waals surface area contributed by atoms with E-state index in [4.69, 9.17) is 44.9 Å². The van der Waals surface area contributed by atoms with Crippen LogP contribution in [0.1, 0.15) is 0 Å². The van der Waals surface area contributed by atoms with E-state index in [0.717, 1.165) is 88.9 Å². The van der Waals surface area contributed by atoms with Gasteiger partial charge in [0.15, 0.2) is 52.4 Å². The van der Waals surface area contributed by atoms with E-state index in [2.05, 4.69) is 317 Å². The van der Waals surface area contributed by atoms with Crippen molar-refractivity contribution in [3.8, 4) is 120 Å². The standard InChI is InChI=1S/C45H28N4.2C41H26N4/c1-3-15-31(16-4-1)43-46-44(32-17-5-2-6-18-32)48-45(47-43)34-27-33-19-9-10-20-35(33)40(28-34)49-38-25-23-29-13-7-11-21-36(29)41(38)42-37-22-12-8-14-30(37)24-26-39(42)49;1-3-14-29(15-4-1)39-42-40(30-16-5-2-6-17-30)44-41(43-39)31-18-11-19-32(26-31)45-35-24-22-27-12-7-9-20-33(27)37(35)38-34-21-10-8-13-28(34)23-25-36(38)45;1-3-13-29(14-4-1)39-42-40(30-15-5-2-6-16-30)44-41(43-39)31-19-23-32(24-20-31)45-35-25-21-27-11-7-9-17-33(27)37(35)38-34-18-10-8-12-28(34)22-26-36(38)45/h1-28H;2*1-26H. The van der Waals surface area contributed by atoms with Crippen LogP contribution in [0.3, 0.4) is 0 Å².